The van der Waals surface area contributed by atoms with E-state index in [0.717, 1.165) is 31.6 Å². The molecule has 0 spiro atoms. The number of nitrogen functional groups attached to an aromatic ring is 1. The van der Waals surface area contributed by atoms with E-state index in [-0.39, 0.29) is 0 Å². The number of imidazole rings is 1. The molecular formula is C15H18ClN5. The third-order valence-corrected chi connectivity index (χ3v) is 4.06. The Balaban J connectivity index is 1.88. The molecule has 1 aromatic heterocycles. The Morgan fingerprint density at radius 1 is 1.14 bits per heavy atom. The van der Waals surface area contributed by atoms with Crippen LogP contribution in [0.5, 0.6) is 0 Å². The lowest BCUT2D eigenvalue weighted by atomic mass is 10.1. The predicted octanol–water partition coefficient (Wildman–Crippen LogP) is 2.92. The van der Waals surface area contributed by atoms with Crippen molar-refractivity contribution in [2.75, 3.05) is 18.8 Å². The fourth-order valence-corrected chi connectivity index (χ4v) is 2.74. The van der Waals surface area contributed by atoms with Gasteiger partial charge in [-0.1, -0.05) is 11.6 Å². The number of anilines is 1. The van der Waals surface area contributed by atoms with Crippen molar-refractivity contribution in [2.45, 2.75) is 19.3 Å². The van der Waals surface area contributed by atoms with Crippen LogP contribution in [0.1, 0.15) is 25.0 Å². The molecule has 0 atom stereocenters. The molecule has 0 unspecified atom stereocenters. The number of nitrogens with one attached hydrogen (secondary N) is 1. The summed E-state index contributed by atoms with van der Waals surface area (Å²) in [7, 11) is 0. The van der Waals surface area contributed by atoms with Gasteiger partial charge in [-0.15, -0.1) is 0 Å². The van der Waals surface area contributed by atoms with Crippen molar-refractivity contribution < 1.29 is 0 Å². The highest BCUT2D eigenvalue weighted by Gasteiger charge is 2.20. The van der Waals surface area contributed by atoms with Crippen LogP contribution in [-0.4, -0.2) is 33.4 Å². The van der Waals surface area contributed by atoms with Gasteiger partial charge < -0.3 is 10.6 Å². The molecule has 1 aliphatic rings. The number of piperidine rings is 1. The van der Waals surface area contributed by atoms with Gasteiger partial charge in [-0.3, -0.25) is 9.98 Å². The number of hydrogen-bond donors (Lipinski definition) is 2. The number of hydrogen-bond acceptors (Lipinski definition) is 3. The zero-order chi connectivity index (χ0) is 14.8. The van der Waals surface area contributed by atoms with Gasteiger partial charge in [0.2, 0.25) is 0 Å². The first-order valence-electron chi connectivity index (χ1n) is 7.09. The van der Waals surface area contributed by atoms with E-state index < -0.39 is 0 Å². The molecule has 1 fully saturated rings. The fraction of sp³-hybridized carbons (Fsp3) is 0.333. The Bertz CT molecular complexity index is 641. The average Bonchev–Trinajstić information content (AvgIpc) is 2.90. The van der Waals surface area contributed by atoms with Crippen molar-refractivity contribution >= 4 is 23.3 Å². The monoisotopic (exact) mass is 303 g/mol. The summed E-state index contributed by atoms with van der Waals surface area (Å²) in [6.45, 7) is 1.82. The van der Waals surface area contributed by atoms with Crippen LogP contribution in [0.25, 0.3) is 5.69 Å². The minimum atomic E-state index is 0.417. The van der Waals surface area contributed by atoms with E-state index in [9.17, 15) is 0 Å². The SMILES string of the molecule is N=C(c1ncn(-c2ccc(Cl)cc2)c1N)N1CCCCC1. The Hall–Kier alpha value is -2.01. The topological polar surface area (TPSA) is 70.9 Å². The largest absolute Gasteiger partial charge is 0.383 e. The molecular weight excluding hydrogens is 286 g/mol. The van der Waals surface area contributed by atoms with Gasteiger partial charge in [0.25, 0.3) is 0 Å². The molecule has 21 heavy (non-hydrogen) atoms. The second kappa shape index (κ2) is 5.77. The van der Waals surface area contributed by atoms with Crippen LogP contribution >= 0.6 is 11.6 Å². The second-order valence-electron chi connectivity index (χ2n) is 5.22. The molecule has 1 aliphatic heterocycles. The minimum Gasteiger partial charge on any atom is -0.383 e. The van der Waals surface area contributed by atoms with Gasteiger partial charge in [-0.25, -0.2) is 4.98 Å². The third kappa shape index (κ3) is 2.74. The molecule has 110 valence electrons. The van der Waals surface area contributed by atoms with Crippen LogP contribution in [0.4, 0.5) is 5.82 Å². The van der Waals surface area contributed by atoms with Crippen LogP contribution in [0.2, 0.25) is 5.02 Å². The summed E-state index contributed by atoms with van der Waals surface area (Å²) in [5.41, 5.74) is 7.62. The molecule has 3 rings (SSSR count). The number of likely N-dealkylation sites (tertiary alicyclic amines) is 1. The van der Waals surface area contributed by atoms with Crippen molar-refractivity contribution in [3.05, 3.63) is 41.3 Å². The van der Waals surface area contributed by atoms with Crippen LogP contribution in [-0.2, 0) is 0 Å². The number of nitrogens with zero attached hydrogens (tertiary/aromatic N) is 3. The first kappa shape index (κ1) is 13.9. The minimum absolute atomic E-state index is 0.417. The molecule has 2 aromatic rings. The van der Waals surface area contributed by atoms with Crippen LogP contribution in [0.15, 0.2) is 30.6 Å². The van der Waals surface area contributed by atoms with E-state index in [2.05, 4.69) is 4.98 Å². The average molecular weight is 304 g/mol. The summed E-state index contributed by atoms with van der Waals surface area (Å²) in [6, 6.07) is 7.39. The summed E-state index contributed by atoms with van der Waals surface area (Å²) in [4.78, 5) is 6.38. The summed E-state index contributed by atoms with van der Waals surface area (Å²) < 4.78 is 1.78. The number of rotatable bonds is 2. The van der Waals surface area contributed by atoms with Gasteiger partial charge in [0, 0.05) is 23.8 Å². The van der Waals surface area contributed by atoms with Crippen molar-refractivity contribution in [1.82, 2.24) is 14.5 Å². The zero-order valence-corrected chi connectivity index (χ0v) is 12.5. The normalized spacial score (nSPS) is 15.2. The number of nitrogens with two attached hydrogens (primary N) is 1. The first-order valence-corrected chi connectivity index (χ1v) is 7.47. The summed E-state index contributed by atoms with van der Waals surface area (Å²) in [5.74, 6) is 0.910. The standard InChI is InChI=1S/C15H18ClN5/c16-11-4-6-12(7-5-11)21-10-19-13(15(21)18)14(17)20-8-2-1-3-9-20/h4-7,10,17H,1-3,8-9,18H2. The van der Waals surface area contributed by atoms with Crippen LogP contribution in [0, 0.1) is 5.41 Å². The van der Waals surface area contributed by atoms with Crippen LogP contribution in [0.3, 0.4) is 0 Å². The van der Waals surface area contributed by atoms with E-state index in [0.29, 0.717) is 22.4 Å². The molecule has 1 saturated heterocycles. The lowest BCUT2D eigenvalue weighted by Crippen LogP contribution is -2.36. The maximum Gasteiger partial charge on any atom is 0.150 e. The third-order valence-electron chi connectivity index (χ3n) is 3.81. The highest BCUT2D eigenvalue weighted by Crippen LogP contribution is 2.21. The molecule has 5 nitrogen and oxygen atoms in total. The van der Waals surface area contributed by atoms with E-state index in [4.69, 9.17) is 22.7 Å². The van der Waals surface area contributed by atoms with Crippen molar-refractivity contribution in [2.24, 2.45) is 0 Å². The van der Waals surface area contributed by atoms with Crippen molar-refractivity contribution in [1.29, 1.82) is 5.41 Å². The molecule has 6 heteroatoms. The Morgan fingerprint density at radius 3 is 2.48 bits per heavy atom. The van der Waals surface area contributed by atoms with Gasteiger partial charge in [0.15, 0.2) is 5.84 Å². The fourth-order valence-electron chi connectivity index (χ4n) is 2.62. The Kier molecular flexibility index (Phi) is 3.84. The van der Waals surface area contributed by atoms with Gasteiger partial charge in [-0.2, -0.15) is 0 Å². The lowest BCUT2D eigenvalue weighted by molar-refractivity contribution is 0.340. The van der Waals surface area contributed by atoms with Gasteiger partial charge in [-0.05, 0) is 43.5 Å². The maximum absolute atomic E-state index is 8.32. The number of amidine groups is 1. The summed E-state index contributed by atoms with van der Waals surface area (Å²) in [5, 5.41) is 9.00. The number of halogens is 1. The summed E-state index contributed by atoms with van der Waals surface area (Å²) >= 11 is 5.90. The summed E-state index contributed by atoms with van der Waals surface area (Å²) in [6.07, 6.45) is 5.14. The molecule has 0 amide bonds. The van der Waals surface area contributed by atoms with Crippen LogP contribution < -0.4 is 5.73 Å². The molecule has 3 N–H and O–H groups in total. The Morgan fingerprint density at radius 2 is 1.81 bits per heavy atom. The van der Waals surface area contributed by atoms with E-state index in [1.165, 1.54) is 6.42 Å². The van der Waals surface area contributed by atoms with Gasteiger partial charge in [0.05, 0.1) is 0 Å². The van der Waals surface area contributed by atoms with Crippen molar-refractivity contribution in [3.63, 3.8) is 0 Å². The second-order valence-corrected chi connectivity index (χ2v) is 5.66. The van der Waals surface area contributed by atoms with E-state index >= 15 is 0 Å². The van der Waals surface area contributed by atoms with E-state index in [1.807, 2.05) is 29.2 Å². The van der Waals surface area contributed by atoms with E-state index in [1.54, 1.807) is 10.9 Å². The molecule has 0 radical (unpaired) electrons. The highest BCUT2D eigenvalue weighted by atomic mass is 35.5. The highest BCUT2D eigenvalue weighted by molar-refractivity contribution is 6.30. The Labute approximate surface area is 128 Å². The quantitative estimate of drug-likeness (QED) is 0.662. The maximum atomic E-state index is 8.32. The molecule has 0 aliphatic carbocycles. The molecule has 0 bridgehead atoms. The smallest absolute Gasteiger partial charge is 0.150 e. The molecule has 0 saturated carbocycles. The first-order chi connectivity index (χ1) is 10.2. The predicted molar refractivity (Wildman–Crippen MR) is 85.2 cm³/mol. The number of benzene rings is 1. The zero-order valence-electron chi connectivity index (χ0n) is 11.7. The van der Waals surface area contributed by atoms with Gasteiger partial charge in [0.1, 0.15) is 17.8 Å². The lowest BCUT2D eigenvalue weighted by Gasteiger charge is -2.28. The molecule has 1 aromatic carbocycles. The number of aromatic nitrogens is 2. The van der Waals surface area contributed by atoms with Crippen molar-refractivity contribution in [3.8, 4) is 5.69 Å². The molecule has 2 heterocycles. The van der Waals surface area contributed by atoms with Gasteiger partial charge >= 0.3 is 0 Å².